The first kappa shape index (κ1) is 23.3. The van der Waals surface area contributed by atoms with Crippen LogP contribution in [0.25, 0.3) is 11.0 Å². The lowest BCUT2D eigenvalue weighted by atomic mass is 10.2. The molecular weight excluding hydrogens is 466 g/mol. The second-order valence-corrected chi connectivity index (χ2v) is 8.92. The first-order chi connectivity index (χ1) is 17.2. The standard InChI is InChI=1S/C25H28ClN7O2/c1-32-9-11-33(12-10-32)13-14-34-25-22-23(27-17-28-24(22)30-31-25)29-19-7-8-21(20(26)15-19)35-16-18-5-3-2-4-6-18/h2-8,15,17H,9-14,16H2,1H3,(H2,27,28,29,30,31). The minimum absolute atomic E-state index is 0.448. The summed E-state index contributed by atoms with van der Waals surface area (Å²) in [7, 11) is 2.15. The maximum absolute atomic E-state index is 6.49. The lowest BCUT2D eigenvalue weighted by molar-refractivity contribution is 0.133. The summed E-state index contributed by atoms with van der Waals surface area (Å²) in [5.74, 6) is 1.68. The third-order valence-electron chi connectivity index (χ3n) is 6.00. The normalized spacial score (nSPS) is 14.8. The Labute approximate surface area is 209 Å². The van der Waals surface area contributed by atoms with Crippen LogP contribution in [0.5, 0.6) is 11.6 Å². The molecule has 1 aliphatic heterocycles. The number of rotatable bonds is 9. The Bertz CT molecular complexity index is 1260. The number of nitrogens with one attached hydrogen (secondary N) is 2. The van der Waals surface area contributed by atoms with Gasteiger partial charge in [-0.05, 0) is 30.8 Å². The Morgan fingerprint density at radius 3 is 2.66 bits per heavy atom. The number of piperazine rings is 1. The Morgan fingerprint density at radius 1 is 1.03 bits per heavy atom. The van der Waals surface area contributed by atoms with Gasteiger partial charge in [-0.2, -0.15) is 0 Å². The molecule has 2 N–H and O–H groups in total. The van der Waals surface area contributed by atoms with E-state index in [-0.39, 0.29) is 0 Å². The van der Waals surface area contributed by atoms with Crippen LogP contribution >= 0.6 is 11.6 Å². The topological polar surface area (TPSA) is 91.4 Å². The van der Waals surface area contributed by atoms with Gasteiger partial charge in [0.2, 0.25) is 5.88 Å². The fourth-order valence-corrected chi connectivity index (χ4v) is 4.18. The monoisotopic (exact) mass is 493 g/mol. The molecule has 2 aromatic heterocycles. The van der Waals surface area contributed by atoms with Gasteiger partial charge < -0.3 is 19.7 Å². The number of anilines is 2. The summed E-state index contributed by atoms with van der Waals surface area (Å²) in [6, 6.07) is 15.5. The predicted octanol–water partition coefficient (Wildman–Crippen LogP) is 3.96. The van der Waals surface area contributed by atoms with E-state index in [9.17, 15) is 0 Å². The number of aromatic amines is 1. The van der Waals surface area contributed by atoms with Gasteiger partial charge in [-0.3, -0.25) is 10.00 Å². The quantitative estimate of drug-likeness (QED) is 0.362. The van der Waals surface area contributed by atoms with Crippen molar-refractivity contribution in [2.45, 2.75) is 6.61 Å². The summed E-state index contributed by atoms with van der Waals surface area (Å²) < 4.78 is 11.9. The molecule has 0 amide bonds. The molecule has 0 radical (unpaired) electrons. The highest BCUT2D eigenvalue weighted by molar-refractivity contribution is 6.32. The fraction of sp³-hybridized carbons (Fsp3) is 0.320. The molecular formula is C25H28ClN7O2. The summed E-state index contributed by atoms with van der Waals surface area (Å²) >= 11 is 6.49. The third kappa shape index (κ3) is 5.82. The van der Waals surface area contributed by atoms with Gasteiger partial charge in [0, 0.05) is 38.4 Å². The number of halogens is 1. The van der Waals surface area contributed by atoms with Gasteiger partial charge >= 0.3 is 0 Å². The number of hydrogen-bond acceptors (Lipinski definition) is 8. The summed E-state index contributed by atoms with van der Waals surface area (Å²) in [5, 5.41) is 11.8. The van der Waals surface area contributed by atoms with E-state index in [0.29, 0.717) is 46.7 Å². The average Bonchev–Trinajstić information content (AvgIpc) is 3.29. The summed E-state index contributed by atoms with van der Waals surface area (Å²) in [5.41, 5.74) is 2.45. The van der Waals surface area contributed by atoms with E-state index in [1.165, 1.54) is 6.33 Å². The largest absolute Gasteiger partial charge is 0.487 e. The van der Waals surface area contributed by atoms with Crippen LogP contribution in [0.4, 0.5) is 11.5 Å². The van der Waals surface area contributed by atoms with E-state index < -0.39 is 0 Å². The SMILES string of the molecule is CN1CCN(CCOc2n[nH]c3ncnc(Nc4ccc(OCc5ccccc5)c(Cl)c4)c23)CC1. The van der Waals surface area contributed by atoms with Crippen LogP contribution in [0.2, 0.25) is 5.02 Å². The van der Waals surface area contributed by atoms with Crippen molar-refractivity contribution >= 4 is 34.1 Å². The minimum atomic E-state index is 0.448. The molecule has 182 valence electrons. The molecule has 35 heavy (non-hydrogen) atoms. The molecule has 0 saturated carbocycles. The first-order valence-electron chi connectivity index (χ1n) is 11.6. The molecule has 1 aliphatic rings. The van der Waals surface area contributed by atoms with Crippen LogP contribution in [0.1, 0.15) is 5.56 Å². The molecule has 0 spiro atoms. The summed E-state index contributed by atoms with van der Waals surface area (Å²) in [6.07, 6.45) is 1.48. The molecule has 4 aromatic rings. The third-order valence-corrected chi connectivity index (χ3v) is 6.29. The van der Waals surface area contributed by atoms with Gasteiger partial charge in [-0.15, -0.1) is 5.10 Å². The molecule has 1 fully saturated rings. The molecule has 10 heteroatoms. The molecule has 2 aromatic carbocycles. The molecule has 0 aliphatic carbocycles. The predicted molar refractivity (Wildman–Crippen MR) is 137 cm³/mol. The molecule has 0 unspecified atom stereocenters. The van der Waals surface area contributed by atoms with E-state index >= 15 is 0 Å². The van der Waals surface area contributed by atoms with Crippen LogP contribution in [0, 0.1) is 0 Å². The zero-order valence-corrected chi connectivity index (χ0v) is 20.3. The number of nitrogens with zero attached hydrogens (tertiary/aromatic N) is 5. The lowest BCUT2D eigenvalue weighted by Crippen LogP contribution is -2.45. The molecule has 9 nitrogen and oxygen atoms in total. The lowest BCUT2D eigenvalue weighted by Gasteiger charge is -2.32. The second-order valence-electron chi connectivity index (χ2n) is 8.51. The van der Waals surface area contributed by atoms with Crippen molar-refractivity contribution in [2.75, 3.05) is 51.7 Å². The number of hydrogen-bond donors (Lipinski definition) is 2. The van der Waals surface area contributed by atoms with Crippen molar-refractivity contribution in [2.24, 2.45) is 0 Å². The zero-order valence-electron chi connectivity index (χ0n) is 19.6. The van der Waals surface area contributed by atoms with Crippen LogP contribution in [0.15, 0.2) is 54.9 Å². The molecule has 3 heterocycles. The van der Waals surface area contributed by atoms with Gasteiger partial charge in [0.05, 0.1) is 5.02 Å². The van der Waals surface area contributed by atoms with Gasteiger partial charge in [0.25, 0.3) is 0 Å². The molecule has 5 rings (SSSR count). The number of likely N-dealkylation sites (N-methyl/N-ethyl adjacent to an activating group) is 1. The van der Waals surface area contributed by atoms with Crippen LogP contribution in [-0.4, -0.2) is 76.3 Å². The Balaban J connectivity index is 1.25. The molecule has 0 bridgehead atoms. The summed E-state index contributed by atoms with van der Waals surface area (Å²) in [4.78, 5) is 13.4. The minimum Gasteiger partial charge on any atom is -0.487 e. The number of benzene rings is 2. The molecule has 0 atom stereocenters. The van der Waals surface area contributed by atoms with Gasteiger partial charge in [-0.1, -0.05) is 41.9 Å². The smallest absolute Gasteiger partial charge is 0.246 e. The zero-order chi connectivity index (χ0) is 24.0. The second kappa shape index (κ2) is 10.9. The van der Waals surface area contributed by atoms with Gasteiger partial charge in [-0.25, -0.2) is 9.97 Å². The molecule has 1 saturated heterocycles. The fourth-order valence-electron chi connectivity index (χ4n) is 3.94. The van der Waals surface area contributed by atoms with Crippen molar-refractivity contribution in [3.05, 3.63) is 65.4 Å². The van der Waals surface area contributed by atoms with Crippen molar-refractivity contribution < 1.29 is 9.47 Å². The van der Waals surface area contributed by atoms with E-state index in [1.54, 1.807) is 0 Å². The highest BCUT2D eigenvalue weighted by Crippen LogP contribution is 2.33. The van der Waals surface area contributed by atoms with Gasteiger partial charge in [0.15, 0.2) is 5.65 Å². The maximum Gasteiger partial charge on any atom is 0.246 e. The van der Waals surface area contributed by atoms with Crippen LogP contribution in [0.3, 0.4) is 0 Å². The van der Waals surface area contributed by atoms with E-state index in [4.69, 9.17) is 21.1 Å². The van der Waals surface area contributed by atoms with Gasteiger partial charge in [0.1, 0.15) is 36.5 Å². The maximum atomic E-state index is 6.49. The average molecular weight is 494 g/mol. The van der Waals surface area contributed by atoms with Crippen molar-refractivity contribution in [1.29, 1.82) is 0 Å². The van der Waals surface area contributed by atoms with Crippen LogP contribution in [-0.2, 0) is 6.61 Å². The van der Waals surface area contributed by atoms with E-state index in [0.717, 1.165) is 44.0 Å². The number of H-pyrrole nitrogens is 1. The Hall–Kier alpha value is -3.40. The van der Waals surface area contributed by atoms with Crippen molar-refractivity contribution in [1.82, 2.24) is 30.0 Å². The highest BCUT2D eigenvalue weighted by atomic mass is 35.5. The van der Waals surface area contributed by atoms with Crippen molar-refractivity contribution in [3.63, 3.8) is 0 Å². The van der Waals surface area contributed by atoms with E-state index in [1.807, 2.05) is 48.5 Å². The number of aromatic nitrogens is 4. The van der Waals surface area contributed by atoms with Crippen molar-refractivity contribution in [3.8, 4) is 11.6 Å². The summed E-state index contributed by atoms with van der Waals surface area (Å²) in [6.45, 7) is 6.07. The Morgan fingerprint density at radius 2 is 1.86 bits per heavy atom. The van der Waals surface area contributed by atoms with E-state index in [2.05, 4.69) is 42.3 Å². The van der Waals surface area contributed by atoms with Crippen LogP contribution < -0.4 is 14.8 Å². The highest BCUT2D eigenvalue weighted by Gasteiger charge is 2.17. The number of ether oxygens (including phenoxy) is 2. The Kier molecular flexibility index (Phi) is 7.27. The number of fused-ring (bicyclic) bond motifs is 1. The first-order valence-corrected chi connectivity index (χ1v) is 12.0.